The van der Waals surface area contributed by atoms with Gasteiger partial charge in [-0.1, -0.05) is 35.3 Å². The molecular weight excluding hydrogens is 285 g/mol. The number of esters is 1. The van der Waals surface area contributed by atoms with Crippen LogP contribution in [0.5, 0.6) is 0 Å². The first-order valence-electron chi connectivity index (χ1n) is 5.23. The monoisotopic (exact) mass is 294 g/mol. The van der Waals surface area contributed by atoms with Crippen LogP contribution in [0.25, 0.3) is 0 Å². The van der Waals surface area contributed by atoms with Gasteiger partial charge in [0, 0.05) is 12.8 Å². The minimum absolute atomic E-state index is 0.125. The summed E-state index contributed by atoms with van der Waals surface area (Å²) in [5.41, 5.74) is -1.09. The number of halogens is 4. The van der Waals surface area contributed by atoms with Gasteiger partial charge in [0.25, 0.3) is 5.92 Å². The van der Waals surface area contributed by atoms with Crippen molar-refractivity contribution in [1.82, 2.24) is 0 Å². The second kappa shape index (κ2) is 4.35. The molecule has 0 aliphatic heterocycles. The molecule has 0 spiro atoms. The predicted octanol–water partition coefficient (Wildman–Crippen LogP) is 3.83. The van der Waals surface area contributed by atoms with Gasteiger partial charge >= 0.3 is 5.97 Å². The minimum Gasteiger partial charge on any atom is -0.468 e. The third kappa shape index (κ3) is 1.97. The zero-order chi connectivity index (χ0) is 13.6. The van der Waals surface area contributed by atoms with E-state index in [0.717, 1.165) is 0 Å². The molecule has 2 nitrogen and oxygen atoms in total. The number of methoxy groups -OCH3 is 1. The van der Waals surface area contributed by atoms with Gasteiger partial charge in [-0.25, -0.2) is 8.78 Å². The van der Waals surface area contributed by atoms with Crippen LogP contribution in [-0.2, 0) is 14.9 Å². The summed E-state index contributed by atoms with van der Waals surface area (Å²) in [4.78, 5) is 11.8. The van der Waals surface area contributed by atoms with Crippen molar-refractivity contribution in [2.24, 2.45) is 0 Å². The maximum absolute atomic E-state index is 13.2. The molecule has 0 heterocycles. The van der Waals surface area contributed by atoms with Crippen molar-refractivity contribution in [2.75, 3.05) is 7.11 Å². The van der Waals surface area contributed by atoms with Crippen LogP contribution >= 0.6 is 23.2 Å². The van der Waals surface area contributed by atoms with Crippen LogP contribution in [0.3, 0.4) is 0 Å². The number of carbonyl (C=O) groups excluding carboxylic acids is 1. The van der Waals surface area contributed by atoms with Crippen molar-refractivity contribution >= 4 is 29.2 Å². The minimum atomic E-state index is -2.88. The number of hydrogen-bond donors (Lipinski definition) is 0. The van der Waals surface area contributed by atoms with Crippen LogP contribution in [0.15, 0.2) is 18.2 Å². The van der Waals surface area contributed by atoms with E-state index in [-0.39, 0.29) is 10.0 Å². The lowest BCUT2D eigenvalue weighted by atomic mass is 9.62. The van der Waals surface area contributed by atoms with Gasteiger partial charge in [0.15, 0.2) is 0 Å². The number of carbonyl (C=O) groups is 1. The molecule has 0 atom stereocenters. The molecule has 1 aliphatic rings. The first kappa shape index (κ1) is 13.6. The van der Waals surface area contributed by atoms with Gasteiger partial charge in [-0.15, -0.1) is 0 Å². The highest BCUT2D eigenvalue weighted by atomic mass is 35.5. The maximum Gasteiger partial charge on any atom is 0.316 e. The van der Waals surface area contributed by atoms with E-state index in [1.54, 1.807) is 6.07 Å². The van der Waals surface area contributed by atoms with Gasteiger partial charge in [0.1, 0.15) is 5.41 Å². The topological polar surface area (TPSA) is 26.3 Å². The molecule has 0 aromatic heterocycles. The Labute approximate surface area is 113 Å². The molecule has 18 heavy (non-hydrogen) atoms. The molecule has 98 valence electrons. The fraction of sp³-hybridized carbons (Fsp3) is 0.417. The Balaban J connectivity index is 2.49. The Morgan fingerprint density at radius 3 is 2.44 bits per heavy atom. The lowest BCUT2D eigenvalue weighted by Gasteiger charge is -2.45. The van der Waals surface area contributed by atoms with Crippen molar-refractivity contribution in [3.63, 3.8) is 0 Å². The largest absolute Gasteiger partial charge is 0.468 e. The summed E-state index contributed by atoms with van der Waals surface area (Å²) >= 11 is 11.8. The Bertz CT molecular complexity index is 495. The molecule has 1 aromatic carbocycles. The smallest absolute Gasteiger partial charge is 0.316 e. The average molecular weight is 295 g/mol. The van der Waals surface area contributed by atoms with Crippen molar-refractivity contribution in [2.45, 2.75) is 24.2 Å². The van der Waals surface area contributed by atoms with Crippen molar-refractivity contribution in [3.05, 3.63) is 33.8 Å². The predicted molar refractivity (Wildman–Crippen MR) is 64.3 cm³/mol. The molecular formula is C12H10Cl2F2O2. The van der Waals surface area contributed by atoms with E-state index in [2.05, 4.69) is 4.74 Å². The van der Waals surface area contributed by atoms with Crippen LogP contribution in [0.2, 0.25) is 10.0 Å². The molecule has 1 fully saturated rings. The zero-order valence-electron chi connectivity index (χ0n) is 9.47. The van der Waals surface area contributed by atoms with E-state index in [1.165, 1.54) is 19.2 Å². The first-order chi connectivity index (χ1) is 8.32. The Morgan fingerprint density at radius 2 is 1.94 bits per heavy atom. The summed E-state index contributed by atoms with van der Waals surface area (Å²) < 4.78 is 31.0. The van der Waals surface area contributed by atoms with Crippen LogP contribution in [0, 0.1) is 0 Å². The summed E-state index contributed by atoms with van der Waals surface area (Å²) in [7, 11) is 1.17. The lowest BCUT2D eigenvalue weighted by molar-refractivity contribution is -0.177. The van der Waals surface area contributed by atoms with Crippen molar-refractivity contribution in [3.8, 4) is 0 Å². The number of benzene rings is 1. The highest BCUT2D eigenvalue weighted by Gasteiger charge is 2.63. The fourth-order valence-corrected chi connectivity index (χ4v) is 2.83. The molecule has 1 aromatic rings. The van der Waals surface area contributed by atoms with Crippen LogP contribution in [0.1, 0.15) is 18.4 Å². The standard InChI is InChI=1S/C12H10Cl2F2O2/c1-18-10(17)11(5-12(15,16)6-11)7-3-2-4-8(13)9(7)14/h2-4H,5-6H2,1H3. The third-order valence-corrected chi connectivity index (χ3v) is 3.98. The van der Waals surface area contributed by atoms with E-state index >= 15 is 0 Å². The van der Waals surface area contributed by atoms with E-state index < -0.39 is 30.1 Å². The summed E-state index contributed by atoms with van der Waals surface area (Å²) in [5.74, 6) is -3.59. The van der Waals surface area contributed by atoms with E-state index in [4.69, 9.17) is 23.2 Å². The van der Waals surface area contributed by atoms with Crippen molar-refractivity contribution in [1.29, 1.82) is 0 Å². The van der Waals surface area contributed by atoms with Crippen LogP contribution < -0.4 is 0 Å². The fourth-order valence-electron chi connectivity index (χ4n) is 2.34. The summed E-state index contributed by atoms with van der Waals surface area (Å²) in [6.07, 6.45) is -1.21. The summed E-state index contributed by atoms with van der Waals surface area (Å²) in [5, 5.41) is 0.354. The zero-order valence-corrected chi connectivity index (χ0v) is 11.0. The Morgan fingerprint density at radius 1 is 1.33 bits per heavy atom. The summed E-state index contributed by atoms with van der Waals surface area (Å²) in [6.45, 7) is 0. The average Bonchev–Trinajstić information content (AvgIpc) is 2.28. The van der Waals surface area contributed by atoms with E-state index in [9.17, 15) is 13.6 Å². The molecule has 1 aliphatic carbocycles. The molecule has 0 bridgehead atoms. The highest BCUT2D eigenvalue weighted by Crippen LogP contribution is 2.56. The third-order valence-electron chi connectivity index (χ3n) is 3.16. The Hall–Kier alpha value is -0.870. The van der Waals surface area contributed by atoms with Gasteiger partial charge in [0.2, 0.25) is 0 Å². The van der Waals surface area contributed by atoms with Crippen molar-refractivity contribution < 1.29 is 18.3 Å². The Kier molecular flexibility index (Phi) is 3.28. The maximum atomic E-state index is 13.2. The van der Waals surface area contributed by atoms with Gasteiger partial charge < -0.3 is 4.74 Å². The first-order valence-corrected chi connectivity index (χ1v) is 5.99. The molecule has 0 radical (unpaired) electrons. The SMILES string of the molecule is COC(=O)C1(c2cccc(Cl)c2Cl)CC(F)(F)C1. The quantitative estimate of drug-likeness (QED) is 0.775. The molecule has 6 heteroatoms. The molecule has 2 rings (SSSR count). The van der Waals surface area contributed by atoms with Crippen LogP contribution in [-0.4, -0.2) is 19.0 Å². The van der Waals surface area contributed by atoms with Gasteiger partial charge in [-0.05, 0) is 11.6 Å². The highest BCUT2D eigenvalue weighted by molar-refractivity contribution is 6.42. The molecule has 1 saturated carbocycles. The van der Waals surface area contributed by atoms with Crippen LogP contribution in [0.4, 0.5) is 8.78 Å². The normalized spacial score (nSPS) is 20.1. The number of rotatable bonds is 2. The van der Waals surface area contributed by atoms with Gasteiger partial charge in [0.05, 0.1) is 17.2 Å². The van der Waals surface area contributed by atoms with Gasteiger partial charge in [-0.3, -0.25) is 4.79 Å². The number of ether oxygens (including phenoxy) is 1. The van der Waals surface area contributed by atoms with Gasteiger partial charge in [-0.2, -0.15) is 0 Å². The number of alkyl halides is 2. The van der Waals surface area contributed by atoms with E-state index in [0.29, 0.717) is 5.56 Å². The summed E-state index contributed by atoms with van der Waals surface area (Å²) in [6, 6.07) is 4.64. The number of hydrogen-bond acceptors (Lipinski definition) is 2. The second-order valence-electron chi connectivity index (χ2n) is 4.38. The molecule has 0 amide bonds. The lowest BCUT2D eigenvalue weighted by Crippen LogP contribution is -2.55. The molecule has 0 N–H and O–H groups in total. The molecule has 0 saturated heterocycles. The molecule has 0 unspecified atom stereocenters. The van der Waals surface area contributed by atoms with E-state index in [1.807, 2.05) is 0 Å². The second-order valence-corrected chi connectivity index (χ2v) is 5.17.